The third kappa shape index (κ3) is 9.36. The lowest BCUT2D eigenvalue weighted by molar-refractivity contribution is -0.136. The molecule has 0 aromatic heterocycles. The van der Waals surface area contributed by atoms with E-state index < -0.39 is 5.97 Å². The summed E-state index contributed by atoms with van der Waals surface area (Å²) in [5.41, 5.74) is 6.82. The van der Waals surface area contributed by atoms with Gasteiger partial charge in [-0.1, -0.05) is 19.1 Å². The molecule has 5 heteroatoms. The number of benzene rings is 1. The molecule has 0 saturated heterocycles. The van der Waals surface area contributed by atoms with Crippen LogP contribution in [0.15, 0.2) is 24.3 Å². The van der Waals surface area contributed by atoms with Crippen LogP contribution >= 0.6 is 12.4 Å². The number of hydrogen-bond acceptors (Lipinski definition) is 3. The smallest absolute Gasteiger partial charge is 0.304 e. The highest BCUT2D eigenvalue weighted by atomic mass is 35.5. The van der Waals surface area contributed by atoms with Crippen LogP contribution in [0.5, 0.6) is 0 Å². The van der Waals surface area contributed by atoms with Crippen LogP contribution in [0.2, 0.25) is 0 Å². The van der Waals surface area contributed by atoms with Gasteiger partial charge < -0.3 is 10.8 Å². The summed E-state index contributed by atoms with van der Waals surface area (Å²) in [7, 11) is 0. The Kier molecular flexibility index (Phi) is 11.5. The Morgan fingerprint density at radius 3 is 2.53 bits per heavy atom. The molecule has 17 heavy (non-hydrogen) atoms. The van der Waals surface area contributed by atoms with Crippen molar-refractivity contribution in [2.45, 2.75) is 19.8 Å². The van der Waals surface area contributed by atoms with Crippen molar-refractivity contribution in [2.75, 3.05) is 6.54 Å². The zero-order valence-corrected chi connectivity index (χ0v) is 10.5. The first-order chi connectivity index (χ1) is 7.63. The van der Waals surface area contributed by atoms with E-state index in [2.05, 4.69) is 13.0 Å². The molecule has 1 rings (SSSR count). The number of halogens is 1. The molecule has 0 unspecified atom stereocenters. The third-order valence-electron chi connectivity index (χ3n) is 1.82. The second-order valence-electron chi connectivity index (χ2n) is 3.10. The van der Waals surface area contributed by atoms with Crippen molar-refractivity contribution in [3.05, 3.63) is 35.4 Å². The quantitative estimate of drug-likeness (QED) is 0.865. The Labute approximate surface area is 107 Å². The minimum Gasteiger partial charge on any atom is -0.481 e. The first-order valence-corrected chi connectivity index (χ1v) is 5.05. The van der Waals surface area contributed by atoms with Crippen molar-refractivity contribution in [1.29, 1.82) is 5.26 Å². The lowest BCUT2D eigenvalue weighted by atomic mass is 10.1. The Morgan fingerprint density at radius 1 is 1.53 bits per heavy atom. The molecular weight excluding hydrogens is 240 g/mol. The van der Waals surface area contributed by atoms with Gasteiger partial charge >= 0.3 is 5.97 Å². The van der Waals surface area contributed by atoms with Crippen molar-refractivity contribution in [3.8, 4) is 6.07 Å². The Bertz CT molecular complexity index is 375. The molecule has 0 radical (unpaired) electrons. The lowest BCUT2D eigenvalue weighted by Crippen LogP contribution is -2.05. The molecule has 0 aliphatic heterocycles. The van der Waals surface area contributed by atoms with Crippen molar-refractivity contribution < 1.29 is 9.90 Å². The first-order valence-electron chi connectivity index (χ1n) is 5.05. The zero-order chi connectivity index (χ0) is 12.4. The standard InChI is InChI=1S/C9H9N.C3H7NO2.ClH/c1-2-8-4-3-5-9(6-8)7-10;4-2-1-3(5)6;/h3-6H,2H2,1H3;1-2,4H2,(H,5,6);1H. The van der Waals surface area contributed by atoms with E-state index in [9.17, 15) is 4.79 Å². The van der Waals surface area contributed by atoms with Crippen LogP contribution in [0.3, 0.4) is 0 Å². The zero-order valence-electron chi connectivity index (χ0n) is 9.72. The van der Waals surface area contributed by atoms with Crippen molar-refractivity contribution in [2.24, 2.45) is 5.73 Å². The third-order valence-corrected chi connectivity index (χ3v) is 1.82. The number of hydrogen-bond donors (Lipinski definition) is 2. The molecule has 1 aromatic carbocycles. The summed E-state index contributed by atoms with van der Waals surface area (Å²) in [6.45, 7) is 2.31. The van der Waals surface area contributed by atoms with E-state index in [1.807, 2.05) is 24.3 Å². The predicted octanol–water partition coefficient (Wildman–Crippen LogP) is 1.96. The summed E-state index contributed by atoms with van der Waals surface area (Å²) >= 11 is 0. The van der Waals surface area contributed by atoms with Crippen molar-refractivity contribution >= 4 is 18.4 Å². The average molecular weight is 257 g/mol. The summed E-state index contributed by atoms with van der Waals surface area (Å²) in [6, 6.07) is 9.78. The van der Waals surface area contributed by atoms with Crippen LogP contribution < -0.4 is 5.73 Å². The Morgan fingerprint density at radius 2 is 2.18 bits per heavy atom. The predicted molar refractivity (Wildman–Crippen MR) is 69.1 cm³/mol. The molecule has 94 valence electrons. The fraction of sp³-hybridized carbons (Fsp3) is 0.333. The summed E-state index contributed by atoms with van der Waals surface area (Å²) in [5, 5.41) is 16.3. The van der Waals surface area contributed by atoms with Crippen LogP contribution in [-0.2, 0) is 11.2 Å². The number of nitrogens with zero attached hydrogens (tertiary/aromatic N) is 1. The molecule has 0 aliphatic rings. The van der Waals surface area contributed by atoms with Gasteiger partial charge in [-0.25, -0.2) is 0 Å². The number of nitrogens with two attached hydrogens (primary N) is 1. The van der Waals surface area contributed by atoms with E-state index in [0.717, 1.165) is 12.0 Å². The number of rotatable bonds is 3. The van der Waals surface area contributed by atoms with Crippen LogP contribution in [-0.4, -0.2) is 17.6 Å². The number of carboxylic acid groups (broad SMARTS) is 1. The molecule has 0 spiro atoms. The van der Waals surface area contributed by atoms with Gasteiger partial charge in [-0.15, -0.1) is 12.4 Å². The van der Waals surface area contributed by atoms with Crippen LogP contribution in [0.1, 0.15) is 24.5 Å². The van der Waals surface area contributed by atoms with Gasteiger partial charge in [0.2, 0.25) is 0 Å². The summed E-state index contributed by atoms with van der Waals surface area (Å²) in [6.07, 6.45) is 1.06. The van der Waals surface area contributed by atoms with Gasteiger partial charge in [0.05, 0.1) is 18.1 Å². The largest absolute Gasteiger partial charge is 0.481 e. The summed E-state index contributed by atoms with van der Waals surface area (Å²) < 4.78 is 0. The maximum atomic E-state index is 9.52. The molecule has 3 N–H and O–H groups in total. The normalized spacial score (nSPS) is 8.06. The molecule has 4 nitrogen and oxygen atoms in total. The molecule has 0 fully saturated rings. The molecule has 0 saturated carbocycles. The van der Waals surface area contributed by atoms with Crippen LogP contribution in [0, 0.1) is 11.3 Å². The Hall–Kier alpha value is -1.57. The first kappa shape index (κ1) is 17.8. The number of carboxylic acids is 1. The van der Waals surface area contributed by atoms with E-state index in [1.54, 1.807) is 0 Å². The van der Waals surface area contributed by atoms with Gasteiger partial charge in [-0.2, -0.15) is 5.26 Å². The molecule has 0 aliphatic carbocycles. The van der Waals surface area contributed by atoms with Crippen LogP contribution in [0.4, 0.5) is 0 Å². The maximum absolute atomic E-state index is 9.52. The van der Waals surface area contributed by atoms with E-state index in [0.29, 0.717) is 0 Å². The lowest BCUT2D eigenvalue weighted by Gasteiger charge is -1.93. The van der Waals surface area contributed by atoms with Gasteiger partial charge in [-0.3, -0.25) is 4.79 Å². The number of nitriles is 1. The van der Waals surface area contributed by atoms with Gasteiger partial charge in [0.1, 0.15) is 0 Å². The van der Waals surface area contributed by atoms with Gasteiger partial charge in [-0.05, 0) is 24.1 Å². The second-order valence-corrected chi connectivity index (χ2v) is 3.10. The van der Waals surface area contributed by atoms with Gasteiger partial charge in [0.15, 0.2) is 0 Å². The van der Waals surface area contributed by atoms with E-state index in [-0.39, 0.29) is 25.4 Å². The topological polar surface area (TPSA) is 87.1 Å². The van der Waals surface area contributed by atoms with E-state index in [1.165, 1.54) is 5.56 Å². The second kappa shape index (κ2) is 10.9. The molecule has 1 aromatic rings. The highest BCUT2D eigenvalue weighted by molar-refractivity contribution is 5.85. The van der Waals surface area contributed by atoms with E-state index >= 15 is 0 Å². The summed E-state index contributed by atoms with van der Waals surface area (Å²) in [5.74, 6) is -0.836. The minimum atomic E-state index is -0.836. The average Bonchev–Trinajstić information content (AvgIpc) is 2.29. The number of aliphatic carboxylic acids is 1. The highest BCUT2D eigenvalue weighted by Crippen LogP contribution is 2.03. The van der Waals surface area contributed by atoms with Gasteiger partial charge in [0, 0.05) is 6.54 Å². The fourth-order valence-corrected chi connectivity index (χ4v) is 0.984. The fourth-order valence-electron chi connectivity index (χ4n) is 0.984. The summed E-state index contributed by atoms with van der Waals surface area (Å²) in [4.78, 5) is 9.52. The van der Waals surface area contributed by atoms with Gasteiger partial charge in [0.25, 0.3) is 0 Å². The van der Waals surface area contributed by atoms with Crippen LogP contribution in [0.25, 0.3) is 0 Å². The van der Waals surface area contributed by atoms with E-state index in [4.69, 9.17) is 16.1 Å². The molecule has 0 atom stereocenters. The molecule has 0 bridgehead atoms. The van der Waals surface area contributed by atoms with Crippen molar-refractivity contribution in [3.63, 3.8) is 0 Å². The number of aryl methyl sites for hydroxylation is 1. The molecule has 0 heterocycles. The SMILES string of the molecule is CCc1cccc(C#N)c1.Cl.NCCC(=O)O. The highest BCUT2D eigenvalue weighted by Gasteiger charge is 1.90. The monoisotopic (exact) mass is 256 g/mol. The molecule has 0 amide bonds. The number of carbonyl (C=O) groups is 1. The minimum absolute atomic E-state index is 0. The molecular formula is C12H17ClN2O2. The maximum Gasteiger partial charge on any atom is 0.304 e. The Balaban J connectivity index is 0. The van der Waals surface area contributed by atoms with Crippen molar-refractivity contribution in [1.82, 2.24) is 0 Å².